The molecule has 4 nitrogen and oxygen atoms in total. The minimum Gasteiger partial charge on any atom is -0.472 e. The molecule has 0 radical (unpaired) electrons. The van der Waals surface area contributed by atoms with Crippen molar-refractivity contribution >= 4 is 0 Å². The van der Waals surface area contributed by atoms with Gasteiger partial charge in [0.1, 0.15) is 0 Å². The van der Waals surface area contributed by atoms with E-state index in [1.54, 1.807) is 12.5 Å². The van der Waals surface area contributed by atoms with E-state index < -0.39 is 0 Å². The van der Waals surface area contributed by atoms with Crippen LogP contribution in [0, 0.1) is 0 Å². The van der Waals surface area contributed by atoms with Crippen molar-refractivity contribution in [3.63, 3.8) is 0 Å². The lowest BCUT2D eigenvalue weighted by molar-refractivity contribution is 0.189. The van der Waals surface area contributed by atoms with Crippen LogP contribution in [0.3, 0.4) is 0 Å². The maximum atomic E-state index is 9.37. The molecule has 0 aromatic carbocycles. The third-order valence-electron chi connectivity index (χ3n) is 2.76. The molecule has 0 amide bonds. The SMILES string of the molecule is CN(Cc1ccoc1)CC1CC(O)CN1. The Balaban J connectivity index is 1.75. The van der Waals surface area contributed by atoms with Gasteiger partial charge >= 0.3 is 0 Å². The number of furan rings is 1. The first-order valence-electron chi connectivity index (χ1n) is 5.35. The van der Waals surface area contributed by atoms with Crippen molar-refractivity contribution in [1.29, 1.82) is 0 Å². The average Bonchev–Trinajstić information content (AvgIpc) is 2.77. The quantitative estimate of drug-likeness (QED) is 0.757. The summed E-state index contributed by atoms with van der Waals surface area (Å²) in [6.07, 6.45) is 4.15. The summed E-state index contributed by atoms with van der Waals surface area (Å²) in [4.78, 5) is 2.24. The Hall–Kier alpha value is -0.840. The highest BCUT2D eigenvalue weighted by molar-refractivity contribution is 5.04. The van der Waals surface area contributed by atoms with E-state index in [9.17, 15) is 5.11 Å². The van der Waals surface area contributed by atoms with Gasteiger partial charge in [0.05, 0.1) is 18.6 Å². The van der Waals surface area contributed by atoms with E-state index in [0.717, 1.165) is 26.1 Å². The lowest BCUT2D eigenvalue weighted by Crippen LogP contribution is -2.34. The zero-order chi connectivity index (χ0) is 10.7. The Morgan fingerprint density at radius 1 is 1.67 bits per heavy atom. The molecule has 0 spiro atoms. The third kappa shape index (κ3) is 3.06. The third-order valence-corrected chi connectivity index (χ3v) is 2.76. The molecule has 84 valence electrons. The van der Waals surface area contributed by atoms with Crippen LogP contribution < -0.4 is 5.32 Å². The molecule has 1 aliphatic heterocycles. The van der Waals surface area contributed by atoms with Crippen molar-refractivity contribution in [2.24, 2.45) is 0 Å². The number of aliphatic hydroxyl groups excluding tert-OH is 1. The molecule has 1 saturated heterocycles. The van der Waals surface area contributed by atoms with Crippen LogP contribution in [0.15, 0.2) is 23.0 Å². The highest BCUT2D eigenvalue weighted by Gasteiger charge is 2.22. The van der Waals surface area contributed by atoms with Crippen LogP contribution in [0.4, 0.5) is 0 Å². The van der Waals surface area contributed by atoms with E-state index in [1.807, 2.05) is 6.07 Å². The van der Waals surface area contributed by atoms with Gasteiger partial charge in [0.25, 0.3) is 0 Å². The van der Waals surface area contributed by atoms with Gasteiger partial charge in [0.2, 0.25) is 0 Å². The Bertz CT molecular complexity index is 287. The van der Waals surface area contributed by atoms with Gasteiger partial charge in [-0.15, -0.1) is 0 Å². The monoisotopic (exact) mass is 210 g/mol. The van der Waals surface area contributed by atoms with Gasteiger partial charge in [-0.3, -0.25) is 0 Å². The second-order valence-electron chi connectivity index (χ2n) is 4.32. The molecule has 0 bridgehead atoms. The maximum absolute atomic E-state index is 9.37. The summed E-state index contributed by atoms with van der Waals surface area (Å²) in [7, 11) is 2.08. The molecule has 15 heavy (non-hydrogen) atoms. The number of nitrogens with zero attached hydrogens (tertiary/aromatic N) is 1. The summed E-state index contributed by atoms with van der Waals surface area (Å²) in [6, 6.07) is 2.39. The average molecular weight is 210 g/mol. The van der Waals surface area contributed by atoms with Crippen molar-refractivity contribution in [2.45, 2.75) is 25.1 Å². The number of hydrogen-bond donors (Lipinski definition) is 2. The second-order valence-corrected chi connectivity index (χ2v) is 4.32. The van der Waals surface area contributed by atoms with E-state index >= 15 is 0 Å². The molecule has 0 saturated carbocycles. The fourth-order valence-corrected chi connectivity index (χ4v) is 2.07. The van der Waals surface area contributed by atoms with Gasteiger partial charge in [-0.05, 0) is 19.5 Å². The summed E-state index contributed by atoms with van der Waals surface area (Å²) in [5.74, 6) is 0. The molecular formula is C11H18N2O2. The first-order valence-corrected chi connectivity index (χ1v) is 5.35. The molecule has 1 aromatic rings. The van der Waals surface area contributed by atoms with E-state index in [0.29, 0.717) is 6.04 Å². The summed E-state index contributed by atoms with van der Waals surface area (Å²) in [6.45, 7) is 2.58. The summed E-state index contributed by atoms with van der Waals surface area (Å²) in [5.41, 5.74) is 1.19. The van der Waals surface area contributed by atoms with Crippen molar-refractivity contribution < 1.29 is 9.52 Å². The largest absolute Gasteiger partial charge is 0.472 e. The van der Waals surface area contributed by atoms with Crippen LogP contribution in [0.1, 0.15) is 12.0 Å². The zero-order valence-corrected chi connectivity index (χ0v) is 9.02. The molecular weight excluding hydrogens is 192 g/mol. The molecule has 2 atom stereocenters. The number of likely N-dealkylation sites (N-methyl/N-ethyl adjacent to an activating group) is 1. The Kier molecular flexibility index (Phi) is 3.41. The molecule has 1 aromatic heterocycles. The summed E-state index contributed by atoms with van der Waals surface area (Å²) < 4.78 is 5.02. The molecule has 0 aliphatic carbocycles. The smallest absolute Gasteiger partial charge is 0.0947 e. The topological polar surface area (TPSA) is 48.6 Å². The predicted molar refractivity (Wildman–Crippen MR) is 57.5 cm³/mol. The van der Waals surface area contributed by atoms with Crippen molar-refractivity contribution in [3.05, 3.63) is 24.2 Å². The zero-order valence-electron chi connectivity index (χ0n) is 9.02. The highest BCUT2D eigenvalue weighted by Crippen LogP contribution is 2.09. The van der Waals surface area contributed by atoms with Crippen LogP contribution >= 0.6 is 0 Å². The molecule has 1 aliphatic rings. The van der Waals surface area contributed by atoms with E-state index in [1.165, 1.54) is 5.56 Å². The van der Waals surface area contributed by atoms with E-state index in [4.69, 9.17) is 4.42 Å². The predicted octanol–water partition coefficient (Wildman–Crippen LogP) is 0.434. The fraction of sp³-hybridized carbons (Fsp3) is 0.636. The number of β-amino-alcohol motifs (C(OH)–C–C–N with tert-alkyl or cyclic N) is 1. The summed E-state index contributed by atoms with van der Waals surface area (Å²) in [5, 5.41) is 12.7. The maximum Gasteiger partial charge on any atom is 0.0947 e. The minimum absolute atomic E-state index is 0.169. The van der Waals surface area contributed by atoms with Gasteiger partial charge in [-0.2, -0.15) is 0 Å². The Morgan fingerprint density at radius 3 is 3.13 bits per heavy atom. The van der Waals surface area contributed by atoms with E-state index in [2.05, 4.69) is 17.3 Å². The Morgan fingerprint density at radius 2 is 2.53 bits per heavy atom. The van der Waals surface area contributed by atoms with Gasteiger partial charge in [0, 0.05) is 31.2 Å². The molecule has 2 rings (SSSR count). The molecule has 1 fully saturated rings. The molecule has 2 unspecified atom stereocenters. The van der Waals surface area contributed by atoms with Crippen LogP contribution in [-0.4, -0.2) is 42.3 Å². The van der Waals surface area contributed by atoms with Gasteiger partial charge in [0.15, 0.2) is 0 Å². The lowest BCUT2D eigenvalue weighted by Gasteiger charge is -2.20. The molecule has 2 heterocycles. The van der Waals surface area contributed by atoms with E-state index in [-0.39, 0.29) is 6.10 Å². The van der Waals surface area contributed by atoms with Gasteiger partial charge < -0.3 is 19.7 Å². The van der Waals surface area contributed by atoms with Crippen LogP contribution in [0.2, 0.25) is 0 Å². The first-order chi connectivity index (χ1) is 7.24. The number of aliphatic hydroxyl groups is 1. The molecule has 2 N–H and O–H groups in total. The van der Waals surface area contributed by atoms with Crippen molar-refractivity contribution in [1.82, 2.24) is 10.2 Å². The lowest BCUT2D eigenvalue weighted by atomic mass is 10.2. The fourth-order valence-electron chi connectivity index (χ4n) is 2.07. The number of rotatable bonds is 4. The number of hydrogen-bond acceptors (Lipinski definition) is 4. The summed E-state index contributed by atoms with van der Waals surface area (Å²) >= 11 is 0. The van der Waals surface area contributed by atoms with Crippen LogP contribution in [-0.2, 0) is 6.54 Å². The highest BCUT2D eigenvalue weighted by atomic mass is 16.3. The van der Waals surface area contributed by atoms with Gasteiger partial charge in [-0.1, -0.05) is 0 Å². The number of nitrogens with one attached hydrogen (secondary N) is 1. The molecule has 4 heteroatoms. The second kappa shape index (κ2) is 4.79. The Labute approximate surface area is 89.9 Å². The van der Waals surface area contributed by atoms with Crippen LogP contribution in [0.5, 0.6) is 0 Å². The van der Waals surface area contributed by atoms with Gasteiger partial charge in [-0.25, -0.2) is 0 Å². The van der Waals surface area contributed by atoms with Crippen molar-refractivity contribution in [3.8, 4) is 0 Å². The van der Waals surface area contributed by atoms with Crippen LogP contribution in [0.25, 0.3) is 0 Å². The van der Waals surface area contributed by atoms with Crippen molar-refractivity contribution in [2.75, 3.05) is 20.1 Å². The standard InChI is InChI=1S/C11H18N2O2/c1-13(6-9-2-3-15-8-9)7-10-4-11(14)5-12-10/h2-3,8,10-12,14H,4-7H2,1H3. The first kappa shape index (κ1) is 10.7. The minimum atomic E-state index is -0.169. The normalized spacial score (nSPS) is 26.3.